The number of aromatic hydroxyl groups is 1. The molecule has 0 fully saturated rings. The summed E-state index contributed by atoms with van der Waals surface area (Å²) in [6.45, 7) is -0.0987. The lowest BCUT2D eigenvalue weighted by Gasteiger charge is -2.15. The van der Waals surface area contributed by atoms with Crippen molar-refractivity contribution < 1.29 is 20.1 Å². The first kappa shape index (κ1) is 14.1. The molecular weight excluding hydrogens is 246 g/mol. The first-order valence-corrected chi connectivity index (χ1v) is 5.50. The van der Waals surface area contributed by atoms with Crippen LogP contribution in [-0.4, -0.2) is 41.7 Å². The molecule has 96 valence electrons. The van der Waals surface area contributed by atoms with E-state index in [9.17, 15) is 5.11 Å². The summed E-state index contributed by atoms with van der Waals surface area (Å²) in [5, 5.41) is 30.9. The van der Waals surface area contributed by atoms with E-state index in [0.29, 0.717) is 16.3 Å². The molecule has 0 radical (unpaired) electrons. The van der Waals surface area contributed by atoms with Crippen LogP contribution in [0, 0.1) is 0 Å². The van der Waals surface area contributed by atoms with Gasteiger partial charge in [0.05, 0.1) is 26.4 Å². The highest BCUT2D eigenvalue weighted by molar-refractivity contribution is 6.30. The first-order valence-electron chi connectivity index (χ1n) is 5.12. The summed E-state index contributed by atoms with van der Waals surface area (Å²) in [7, 11) is 1.44. The van der Waals surface area contributed by atoms with E-state index in [2.05, 4.69) is 5.32 Å². The molecule has 1 aromatic rings. The van der Waals surface area contributed by atoms with Crippen LogP contribution in [0.5, 0.6) is 11.5 Å². The molecule has 17 heavy (non-hydrogen) atoms. The largest absolute Gasteiger partial charge is 0.504 e. The highest BCUT2D eigenvalue weighted by Crippen LogP contribution is 2.33. The molecule has 5 nitrogen and oxygen atoms in total. The Morgan fingerprint density at radius 3 is 2.53 bits per heavy atom. The molecule has 0 amide bonds. The second kappa shape index (κ2) is 6.66. The number of phenols is 1. The number of hydrogen-bond donors (Lipinski definition) is 4. The normalized spacial score (nSPS) is 10.9. The Kier molecular flexibility index (Phi) is 5.50. The molecule has 0 heterocycles. The van der Waals surface area contributed by atoms with Crippen molar-refractivity contribution >= 4 is 11.6 Å². The van der Waals surface area contributed by atoms with Gasteiger partial charge < -0.3 is 25.4 Å². The fourth-order valence-electron chi connectivity index (χ4n) is 1.36. The van der Waals surface area contributed by atoms with Gasteiger partial charge in [-0.1, -0.05) is 11.6 Å². The smallest absolute Gasteiger partial charge is 0.162 e. The molecule has 0 spiro atoms. The van der Waals surface area contributed by atoms with E-state index in [1.165, 1.54) is 13.2 Å². The lowest BCUT2D eigenvalue weighted by molar-refractivity contribution is 0.170. The first-order chi connectivity index (χ1) is 8.12. The van der Waals surface area contributed by atoms with Gasteiger partial charge >= 0.3 is 0 Å². The molecule has 4 N–H and O–H groups in total. The molecule has 0 aliphatic rings. The Bertz CT molecular complexity index is 369. The maximum Gasteiger partial charge on any atom is 0.162 e. The number of phenolic OH excluding ortho intramolecular Hbond substituents is 1. The quantitative estimate of drug-likeness (QED) is 0.599. The van der Waals surface area contributed by atoms with Gasteiger partial charge in [0.1, 0.15) is 0 Å². The summed E-state index contributed by atoms with van der Waals surface area (Å²) in [6.07, 6.45) is 0. The predicted molar refractivity (Wildman–Crippen MR) is 64.5 cm³/mol. The maximum absolute atomic E-state index is 9.82. The van der Waals surface area contributed by atoms with Crippen LogP contribution in [0.25, 0.3) is 0 Å². The number of halogens is 1. The number of nitrogens with one attached hydrogen (secondary N) is 1. The van der Waals surface area contributed by atoms with Gasteiger partial charge in [0.25, 0.3) is 0 Å². The Hall–Kier alpha value is -1.01. The van der Waals surface area contributed by atoms with Crippen molar-refractivity contribution in [3.8, 4) is 11.5 Å². The summed E-state index contributed by atoms with van der Waals surface area (Å²) in [5.41, 5.74) is 0.543. The third kappa shape index (κ3) is 3.74. The van der Waals surface area contributed by atoms with Crippen molar-refractivity contribution in [1.29, 1.82) is 0 Å². The van der Waals surface area contributed by atoms with Crippen LogP contribution in [0.3, 0.4) is 0 Å². The van der Waals surface area contributed by atoms with Crippen LogP contribution in [0.4, 0.5) is 0 Å². The predicted octanol–water partition coefficient (Wildman–Crippen LogP) is 0.497. The van der Waals surface area contributed by atoms with Crippen LogP contribution in [0.15, 0.2) is 12.1 Å². The van der Waals surface area contributed by atoms with E-state index in [-0.39, 0.29) is 25.5 Å². The molecule has 6 heteroatoms. The van der Waals surface area contributed by atoms with Crippen LogP contribution >= 0.6 is 11.6 Å². The van der Waals surface area contributed by atoms with Crippen LogP contribution in [0.2, 0.25) is 5.02 Å². The third-order valence-electron chi connectivity index (χ3n) is 2.36. The van der Waals surface area contributed by atoms with Gasteiger partial charge in [0, 0.05) is 23.2 Å². The number of methoxy groups -OCH3 is 1. The topological polar surface area (TPSA) is 82.0 Å². The minimum Gasteiger partial charge on any atom is -0.504 e. The van der Waals surface area contributed by atoms with E-state index < -0.39 is 6.04 Å². The van der Waals surface area contributed by atoms with Gasteiger partial charge in [-0.25, -0.2) is 0 Å². The van der Waals surface area contributed by atoms with Gasteiger partial charge in [0.2, 0.25) is 0 Å². The fourth-order valence-corrected chi connectivity index (χ4v) is 1.59. The standard InChI is InChI=1S/C11H16ClNO4/c1-17-10-3-8(12)2-7(11(10)16)4-13-9(5-14)6-15/h2-3,9,13-16H,4-6H2,1H3. The Balaban J connectivity index is 2.80. The van der Waals surface area contributed by atoms with E-state index in [4.69, 9.17) is 26.6 Å². The molecule has 0 aliphatic heterocycles. The number of ether oxygens (including phenoxy) is 1. The zero-order valence-corrected chi connectivity index (χ0v) is 10.2. The molecule has 0 unspecified atom stereocenters. The van der Waals surface area contributed by atoms with Crippen molar-refractivity contribution in [2.24, 2.45) is 0 Å². The van der Waals surface area contributed by atoms with Crippen LogP contribution < -0.4 is 10.1 Å². The summed E-state index contributed by atoms with van der Waals surface area (Å²) < 4.78 is 4.96. The summed E-state index contributed by atoms with van der Waals surface area (Å²) >= 11 is 5.87. The van der Waals surface area contributed by atoms with E-state index >= 15 is 0 Å². The van der Waals surface area contributed by atoms with Gasteiger partial charge in [-0.2, -0.15) is 0 Å². The molecular formula is C11H16ClNO4. The molecule has 0 bridgehead atoms. The van der Waals surface area contributed by atoms with Crippen molar-refractivity contribution in [2.45, 2.75) is 12.6 Å². The summed E-state index contributed by atoms with van der Waals surface area (Å²) in [4.78, 5) is 0. The molecule has 0 saturated heterocycles. The lowest BCUT2D eigenvalue weighted by Crippen LogP contribution is -2.35. The second-order valence-electron chi connectivity index (χ2n) is 3.56. The van der Waals surface area contributed by atoms with Crippen LogP contribution in [-0.2, 0) is 6.54 Å². The molecule has 0 aromatic heterocycles. The monoisotopic (exact) mass is 261 g/mol. The van der Waals surface area contributed by atoms with Gasteiger partial charge in [0.15, 0.2) is 11.5 Å². The number of hydrogen-bond acceptors (Lipinski definition) is 5. The van der Waals surface area contributed by atoms with E-state index in [0.717, 1.165) is 0 Å². The Labute approximate surface area is 105 Å². The van der Waals surface area contributed by atoms with Crippen molar-refractivity contribution in [1.82, 2.24) is 5.32 Å². The van der Waals surface area contributed by atoms with E-state index in [1.54, 1.807) is 6.07 Å². The van der Waals surface area contributed by atoms with Gasteiger partial charge in [-0.05, 0) is 6.07 Å². The molecule has 0 saturated carbocycles. The van der Waals surface area contributed by atoms with Crippen molar-refractivity contribution in [3.05, 3.63) is 22.7 Å². The SMILES string of the molecule is COc1cc(Cl)cc(CNC(CO)CO)c1O. The summed E-state index contributed by atoms with van der Waals surface area (Å²) in [6, 6.07) is 2.67. The average molecular weight is 262 g/mol. The Morgan fingerprint density at radius 2 is 2.00 bits per heavy atom. The average Bonchev–Trinajstić information content (AvgIpc) is 2.34. The second-order valence-corrected chi connectivity index (χ2v) is 4.00. The molecule has 0 aliphatic carbocycles. The number of aliphatic hydroxyl groups is 2. The third-order valence-corrected chi connectivity index (χ3v) is 2.58. The highest BCUT2D eigenvalue weighted by Gasteiger charge is 2.11. The lowest BCUT2D eigenvalue weighted by atomic mass is 10.1. The number of rotatable bonds is 6. The van der Waals surface area contributed by atoms with E-state index in [1.807, 2.05) is 0 Å². The summed E-state index contributed by atoms with van der Waals surface area (Å²) in [5.74, 6) is 0.290. The number of aliphatic hydroxyl groups excluding tert-OH is 2. The van der Waals surface area contributed by atoms with Gasteiger partial charge in [-0.15, -0.1) is 0 Å². The highest BCUT2D eigenvalue weighted by atomic mass is 35.5. The fraction of sp³-hybridized carbons (Fsp3) is 0.455. The zero-order valence-electron chi connectivity index (χ0n) is 9.48. The molecule has 1 rings (SSSR count). The molecule has 1 aromatic carbocycles. The Morgan fingerprint density at radius 1 is 1.35 bits per heavy atom. The van der Waals surface area contributed by atoms with Gasteiger partial charge in [-0.3, -0.25) is 0 Å². The minimum absolute atomic E-state index is 0.000899. The van der Waals surface area contributed by atoms with Crippen LogP contribution in [0.1, 0.15) is 5.56 Å². The van der Waals surface area contributed by atoms with Crippen molar-refractivity contribution in [3.63, 3.8) is 0 Å². The number of benzene rings is 1. The minimum atomic E-state index is -0.431. The molecule has 0 atom stereocenters. The zero-order chi connectivity index (χ0) is 12.8. The van der Waals surface area contributed by atoms with Crippen molar-refractivity contribution in [2.75, 3.05) is 20.3 Å². The maximum atomic E-state index is 9.82.